The van der Waals surface area contributed by atoms with Gasteiger partial charge in [0.1, 0.15) is 5.56 Å². The van der Waals surface area contributed by atoms with E-state index in [-0.39, 0.29) is 16.8 Å². The van der Waals surface area contributed by atoms with Gasteiger partial charge in [0.05, 0.1) is 33.0 Å². The largest absolute Gasteiger partial charge is 0.418 e. The Morgan fingerprint density at radius 1 is 0.909 bits per heavy atom. The van der Waals surface area contributed by atoms with E-state index in [1.54, 1.807) is 0 Å². The molecule has 3 amide bonds. The Morgan fingerprint density at radius 2 is 1.58 bits per heavy atom. The molecule has 0 atom stereocenters. The van der Waals surface area contributed by atoms with Crippen LogP contribution in [0.4, 0.5) is 30.2 Å². The first-order chi connectivity index (χ1) is 15.6. The summed E-state index contributed by atoms with van der Waals surface area (Å²) in [5.41, 5.74) is -3.30. The second-order valence-electron chi connectivity index (χ2n) is 6.92. The summed E-state index contributed by atoms with van der Waals surface area (Å²) in [5.74, 6) is -2.92. The second-order valence-corrected chi connectivity index (χ2v) is 6.92. The summed E-state index contributed by atoms with van der Waals surface area (Å²) in [6, 6.07) is 13.2. The lowest BCUT2D eigenvalue weighted by Gasteiger charge is -2.19. The first kappa shape index (κ1) is 21.7. The fourth-order valence-corrected chi connectivity index (χ4v) is 3.53. The molecule has 3 aromatic rings. The molecule has 0 spiro atoms. The molecule has 1 N–H and O–H groups in total. The zero-order chi connectivity index (χ0) is 23.9. The van der Waals surface area contributed by atoms with E-state index in [0.717, 1.165) is 24.3 Å². The van der Waals surface area contributed by atoms with Crippen molar-refractivity contribution in [3.05, 3.63) is 99.1 Å². The fraction of sp³-hybridized carbons (Fsp3) is 0.0455. The number of rotatable bonds is 4. The normalized spacial score (nSPS) is 13.1. The van der Waals surface area contributed by atoms with Crippen molar-refractivity contribution in [1.29, 1.82) is 0 Å². The number of carbonyl (C=O) groups excluding carboxylic acids is 3. The molecule has 0 aliphatic carbocycles. The van der Waals surface area contributed by atoms with Crippen molar-refractivity contribution in [2.24, 2.45) is 0 Å². The molecule has 0 radical (unpaired) electrons. The molecule has 0 aromatic heterocycles. The Morgan fingerprint density at radius 3 is 2.27 bits per heavy atom. The second kappa shape index (κ2) is 7.86. The molecule has 1 heterocycles. The molecule has 1 aliphatic heterocycles. The molecule has 0 saturated carbocycles. The number of hydrogen-bond donors (Lipinski definition) is 1. The van der Waals surface area contributed by atoms with Crippen molar-refractivity contribution in [3.63, 3.8) is 0 Å². The number of halogens is 3. The van der Waals surface area contributed by atoms with Gasteiger partial charge in [-0.05, 0) is 30.3 Å². The number of alkyl halides is 3. The van der Waals surface area contributed by atoms with Crippen molar-refractivity contribution in [2.75, 3.05) is 10.2 Å². The number of hydrogen-bond acceptors (Lipinski definition) is 5. The van der Waals surface area contributed by atoms with Gasteiger partial charge in [0.2, 0.25) is 0 Å². The van der Waals surface area contributed by atoms with Crippen LogP contribution in [0.25, 0.3) is 0 Å². The van der Waals surface area contributed by atoms with Crippen molar-refractivity contribution in [3.8, 4) is 0 Å². The molecule has 166 valence electrons. The number of nitro groups is 1. The molecular formula is C22H12F3N3O5. The van der Waals surface area contributed by atoms with Crippen LogP contribution in [-0.4, -0.2) is 22.6 Å². The van der Waals surface area contributed by atoms with Gasteiger partial charge in [-0.2, -0.15) is 13.2 Å². The lowest BCUT2D eigenvalue weighted by molar-refractivity contribution is -0.385. The number of fused-ring (bicyclic) bond motifs is 1. The topological polar surface area (TPSA) is 110 Å². The number of nitro benzene ring substituents is 1. The Hall–Kier alpha value is -4.54. The third-order valence-corrected chi connectivity index (χ3v) is 4.96. The third kappa shape index (κ3) is 3.69. The van der Waals surface area contributed by atoms with E-state index >= 15 is 0 Å². The molecular weight excluding hydrogens is 443 g/mol. The van der Waals surface area contributed by atoms with Crippen LogP contribution >= 0.6 is 0 Å². The summed E-state index contributed by atoms with van der Waals surface area (Å²) in [7, 11) is 0. The maximum absolute atomic E-state index is 13.3. The summed E-state index contributed by atoms with van der Waals surface area (Å²) in [6.07, 6.45) is -4.73. The number of nitrogens with one attached hydrogen (secondary N) is 1. The number of para-hydroxylation sites is 2. The van der Waals surface area contributed by atoms with Crippen molar-refractivity contribution in [2.45, 2.75) is 6.18 Å². The molecule has 0 unspecified atom stereocenters. The van der Waals surface area contributed by atoms with Gasteiger partial charge >= 0.3 is 6.18 Å². The maximum atomic E-state index is 13.3. The zero-order valence-corrected chi connectivity index (χ0v) is 16.4. The first-order valence-corrected chi connectivity index (χ1v) is 9.34. The van der Waals surface area contributed by atoms with Gasteiger partial charge in [-0.1, -0.05) is 30.3 Å². The van der Waals surface area contributed by atoms with E-state index in [1.807, 2.05) is 0 Å². The average Bonchev–Trinajstić information content (AvgIpc) is 3.03. The standard InChI is InChI=1S/C22H12F3N3O5/c23-22(24,25)14-8-2-3-9-15(14)26-19(29)12-6-1-4-10-16(12)27-20(30)13-7-5-11-17(28(32)33)18(13)21(27)31/h1-11H,(H,26,29). The van der Waals surface area contributed by atoms with Gasteiger partial charge in [-0.25, -0.2) is 4.90 Å². The van der Waals surface area contributed by atoms with Crippen LogP contribution in [0.3, 0.4) is 0 Å². The van der Waals surface area contributed by atoms with Crippen LogP contribution in [0.5, 0.6) is 0 Å². The van der Waals surface area contributed by atoms with E-state index < -0.39 is 51.3 Å². The van der Waals surface area contributed by atoms with E-state index in [9.17, 15) is 37.7 Å². The maximum Gasteiger partial charge on any atom is 0.418 e. The van der Waals surface area contributed by atoms with Gasteiger partial charge in [0, 0.05) is 6.07 Å². The minimum atomic E-state index is -4.73. The van der Waals surface area contributed by atoms with Gasteiger partial charge in [0.15, 0.2) is 0 Å². The highest BCUT2D eigenvalue weighted by molar-refractivity contribution is 6.36. The van der Waals surface area contributed by atoms with Crippen LogP contribution in [-0.2, 0) is 6.18 Å². The van der Waals surface area contributed by atoms with Crippen LogP contribution < -0.4 is 10.2 Å². The smallest absolute Gasteiger partial charge is 0.321 e. The summed E-state index contributed by atoms with van der Waals surface area (Å²) in [4.78, 5) is 49.9. The molecule has 8 nitrogen and oxygen atoms in total. The first-order valence-electron chi connectivity index (χ1n) is 9.34. The fourth-order valence-electron chi connectivity index (χ4n) is 3.53. The van der Waals surface area contributed by atoms with E-state index in [2.05, 4.69) is 5.32 Å². The van der Waals surface area contributed by atoms with Crippen molar-refractivity contribution >= 4 is 34.8 Å². The number of nitrogens with zero attached hydrogens (tertiary/aromatic N) is 2. The molecule has 3 aromatic carbocycles. The molecule has 0 bridgehead atoms. The summed E-state index contributed by atoms with van der Waals surface area (Å²) in [6.45, 7) is 0. The van der Waals surface area contributed by atoms with Gasteiger partial charge in [-0.3, -0.25) is 24.5 Å². The lowest BCUT2D eigenvalue weighted by atomic mass is 10.1. The Labute approximate surface area is 183 Å². The minimum Gasteiger partial charge on any atom is -0.321 e. The molecule has 33 heavy (non-hydrogen) atoms. The predicted molar refractivity (Wildman–Crippen MR) is 110 cm³/mol. The molecule has 0 fully saturated rings. The van der Waals surface area contributed by atoms with Crippen LogP contribution in [0, 0.1) is 10.1 Å². The highest BCUT2D eigenvalue weighted by atomic mass is 19.4. The zero-order valence-electron chi connectivity index (χ0n) is 16.4. The van der Waals surface area contributed by atoms with Gasteiger partial charge in [-0.15, -0.1) is 0 Å². The summed E-state index contributed by atoms with van der Waals surface area (Å²) in [5, 5.41) is 13.5. The summed E-state index contributed by atoms with van der Waals surface area (Å²) >= 11 is 0. The van der Waals surface area contributed by atoms with E-state index in [4.69, 9.17) is 0 Å². The Bertz CT molecular complexity index is 1340. The number of anilines is 2. The Balaban J connectivity index is 1.75. The van der Waals surface area contributed by atoms with Crippen LogP contribution in [0.1, 0.15) is 36.6 Å². The average molecular weight is 455 g/mol. The van der Waals surface area contributed by atoms with Crippen molar-refractivity contribution < 1.29 is 32.5 Å². The quantitative estimate of drug-likeness (QED) is 0.349. The molecule has 0 saturated heterocycles. The van der Waals surface area contributed by atoms with Crippen LogP contribution in [0.15, 0.2) is 66.7 Å². The van der Waals surface area contributed by atoms with Crippen molar-refractivity contribution in [1.82, 2.24) is 0 Å². The number of benzene rings is 3. The number of amides is 3. The minimum absolute atomic E-state index is 0.216. The number of imide groups is 1. The lowest BCUT2D eigenvalue weighted by Crippen LogP contribution is -2.31. The van der Waals surface area contributed by atoms with E-state index in [1.165, 1.54) is 42.5 Å². The highest BCUT2D eigenvalue weighted by Crippen LogP contribution is 2.37. The van der Waals surface area contributed by atoms with Gasteiger partial charge in [0.25, 0.3) is 23.4 Å². The van der Waals surface area contributed by atoms with Gasteiger partial charge < -0.3 is 5.32 Å². The molecule has 11 heteroatoms. The SMILES string of the molecule is O=C(Nc1ccccc1C(F)(F)F)c1ccccc1N1C(=O)c2cccc([N+](=O)[O-])c2C1=O. The Kier molecular flexibility index (Phi) is 5.16. The molecule has 1 aliphatic rings. The van der Waals surface area contributed by atoms with E-state index in [0.29, 0.717) is 4.90 Å². The number of carbonyl (C=O) groups is 3. The predicted octanol–water partition coefficient (Wildman–Crippen LogP) is 4.67. The van der Waals surface area contributed by atoms with Crippen LogP contribution in [0.2, 0.25) is 0 Å². The third-order valence-electron chi connectivity index (χ3n) is 4.96. The molecule has 4 rings (SSSR count). The summed E-state index contributed by atoms with van der Waals surface area (Å²) < 4.78 is 39.8. The monoisotopic (exact) mass is 455 g/mol. The highest BCUT2D eigenvalue weighted by Gasteiger charge is 2.43.